The normalized spacial score (nSPS) is 15.0. The summed E-state index contributed by atoms with van der Waals surface area (Å²) in [5.74, 6) is 0.0115. The van der Waals surface area contributed by atoms with Gasteiger partial charge in [0.1, 0.15) is 0 Å². The zero-order valence-electron chi connectivity index (χ0n) is 14.7. The molecular formula is C19H30N2O2. The molecule has 0 saturated carbocycles. The van der Waals surface area contributed by atoms with Crippen LogP contribution in [0.25, 0.3) is 0 Å². The Morgan fingerprint density at radius 2 is 2.00 bits per heavy atom. The Hall–Kier alpha value is -1.55. The van der Waals surface area contributed by atoms with Gasteiger partial charge >= 0.3 is 0 Å². The molecule has 0 bridgehead atoms. The summed E-state index contributed by atoms with van der Waals surface area (Å²) in [4.78, 5) is 14.9. The molecule has 4 heteroatoms. The molecule has 4 nitrogen and oxygen atoms in total. The number of carbonyl (C=O) groups is 1. The van der Waals surface area contributed by atoms with E-state index < -0.39 is 0 Å². The molecule has 1 saturated heterocycles. The Morgan fingerprint density at radius 3 is 2.65 bits per heavy atom. The van der Waals surface area contributed by atoms with Crippen LogP contribution in [-0.4, -0.2) is 37.3 Å². The minimum absolute atomic E-state index is 0.0115. The number of anilines is 1. The molecule has 2 rings (SSSR count). The first-order valence-corrected chi connectivity index (χ1v) is 8.68. The zero-order chi connectivity index (χ0) is 16.9. The van der Waals surface area contributed by atoms with Crippen LogP contribution in [0.1, 0.15) is 55.5 Å². The Labute approximate surface area is 139 Å². The molecule has 1 aromatic carbocycles. The van der Waals surface area contributed by atoms with Crippen LogP contribution in [0.4, 0.5) is 5.69 Å². The maximum Gasteiger partial charge on any atom is 0.253 e. The van der Waals surface area contributed by atoms with Crippen molar-refractivity contribution in [1.29, 1.82) is 0 Å². The number of benzene rings is 1. The van der Waals surface area contributed by atoms with Crippen LogP contribution >= 0.6 is 0 Å². The number of hydrogen-bond acceptors (Lipinski definition) is 3. The van der Waals surface area contributed by atoms with E-state index in [2.05, 4.69) is 22.3 Å². The van der Waals surface area contributed by atoms with Gasteiger partial charge in [0.15, 0.2) is 0 Å². The quantitative estimate of drug-likeness (QED) is 0.760. The molecule has 0 aliphatic carbocycles. The molecule has 0 unspecified atom stereocenters. The number of rotatable bonds is 7. The topological polar surface area (TPSA) is 52.6 Å². The van der Waals surface area contributed by atoms with Gasteiger partial charge in [0, 0.05) is 31.9 Å². The minimum atomic E-state index is -0.0746. The lowest BCUT2D eigenvalue weighted by atomic mass is 9.89. The molecule has 0 atom stereocenters. The summed E-state index contributed by atoms with van der Waals surface area (Å²) in [5, 5.41) is 12.3. The second kappa shape index (κ2) is 7.82. The Balaban J connectivity index is 1.97. The molecule has 1 fully saturated rings. The summed E-state index contributed by atoms with van der Waals surface area (Å²) in [5.41, 5.74) is 2.88. The first-order chi connectivity index (χ1) is 10.9. The van der Waals surface area contributed by atoms with E-state index in [1.807, 2.05) is 26.8 Å². The monoisotopic (exact) mass is 318 g/mol. The Morgan fingerprint density at radius 1 is 1.30 bits per heavy atom. The number of nitrogens with zero attached hydrogens (tertiary/aromatic N) is 1. The molecule has 2 N–H and O–H groups in total. The lowest BCUT2D eigenvalue weighted by Crippen LogP contribution is -2.29. The van der Waals surface area contributed by atoms with Gasteiger partial charge in [-0.3, -0.25) is 4.79 Å². The fraction of sp³-hybridized carbons (Fsp3) is 0.632. The van der Waals surface area contributed by atoms with Crippen molar-refractivity contribution >= 4 is 11.6 Å². The standard InChI is InChI=1S/C19H30N2O2/c1-15-7-8-17(21-11-4-5-12-21)16(13-15)18(23)20-10-6-9-19(2,3)14-22/h7-8,13,22H,4-6,9-12,14H2,1-3H3,(H,20,23). The van der Waals surface area contributed by atoms with E-state index in [0.29, 0.717) is 6.54 Å². The predicted molar refractivity (Wildman–Crippen MR) is 95.1 cm³/mol. The SMILES string of the molecule is Cc1ccc(N2CCCC2)c(C(=O)NCCCC(C)(C)CO)c1. The first-order valence-electron chi connectivity index (χ1n) is 8.68. The highest BCUT2D eigenvalue weighted by molar-refractivity contribution is 6.00. The van der Waals surface area contributed by atoms with Gasteiger partial charge in [-0.25, -0.2) is 0 Å². The van der Waals surface area contributed by atoms with Gasteiger partial charge in [-0.05, 0) is 50.2 Å². The number of hydrogen-bond donors (Lipinski definition) is 2. The summed E-state index contributed by atoms with van der Waals surface area (Å²) in [6, 6.07) is 6.14. The molecule has 1 aliphatic heterocycles. The molecule has 1 amide bonds. The summed E-state index contributed by atoms with van der Waals surface area (Å²) in [6.07, 6.45) is 4.18. The van der Waals surface area contributed by atoms with Gasteiger partial charge in [-0.2, -0.15) is 0 Å². The van der Waals surface area contributed by atoms with E-state index in [1.165, 1.54) is 12.8 Å². The number of aliphatic hydroxyl groups excluding tert-OH is 1. The summed E-state index contributed by atoms with van der Waals surface area (Å²) in [6.45, 7) is 9.01. The van der Waals surface area contributed by atoms with Gasteiger partial charge in [-0.1, -0.05) is 25.5 Å². The van der Waals surface area contributed by atoms with Crippen LogP contribution in [0.15, 0.2) is 18.2 Å². The highest BCUT2D eigenvalue weighted by Gasteiger charge is 2.20. The maximum atomic E-state index is 12.6. The summed E-state index contributed by atoms with van der Waals surface area (Å²) in [7, 11) is 0. The van der Waals surface area contributed by atoms with Gasteiger partial charge in [0.25, 0.3) is 5.91 Å². The fourth-order valence-corrected chi connectivity index (χ4v) is 3.01. The lowest BCUT2D eigenvalue weighted by molar-refractivity contribution is 0.0949. The van der Waals surface area contributed by atoms with Crippen molar-refractivity contribution in [2.75, 3.05) is 31.1 Å². The van der Waals surface area contributed by atoms with E-state index >= 15 is 0 Å². The largest absolute Gasteiger partial charge is 0.396 e. The van der Waals surface area contributed by atoms with E-state index in [0.717, 1.165) is 42.7 Å². The molecule has 0 spiro atoms. The second-order valence-electron chi connectivity index (χ2n) is 7.40. The smallest absolute Gasteiger partial charge is 0.253 e. The number of aryl methyl sites for hydroxylation is 1. The molecule has 1 aromatic rings. The van der Waals surface area contributed by atoms with E-state index in [-0.39, 0.29) is 17.9 Å². The van der Waals surface area contributed by atoms with Crippen LogP contribution in [0.2, 0.25) is 0 Å². The van der Waals surface area contributed by atoms with Crippen molar-refractivity contribution in [3.05, 3.63) is 29.3 Å². The molecule has 23 heavy (non-hydrogen) atoms. The van der Waals surface area contributed by atoms with Crippen LogP contribution in [0.3, 0.4) is 0 Å². The number of amides is 1. The van der Waals surface area contributed by atoms with Gasteiger partial charge < -0.3 is 15.3 Å². The van der Waals surface area contributed by atoms with Crippen molar-refractivity contribution in [3.63, 3.8) is 0 Å². The molecule has 1 aliphatic rings. The molecular weight excluding hydrogens is 288 g/mol. The minimum Gasteiger partial charge on any atom is -0.396 e. The van der Waals surface area contributed by atoms with E-state index in [4.69, 9.17) is 0 Å². The van der Waals surface area contributed by atoms with Crippen LogP contribution < -0.4 is 10.2 Å². The molecule has 128 valence electrons. The van der Waals surface area contributed by atoms with Gasteiger partial charge in [0.2, 0.25) is 0 Å². The fourth-order valence-electron chi connectivity index (χ4n) is 3.01. The molecule has 0 radical (unpaired) electrons. The third-order valence-corrected chi connectivity index (χ3v) is 4.59. The Kier molecular flexibility index (Phi) is 6.05. The highest BCUT2D eigenvalue weighted by Crippen LogP contribution is 2.26. The van der Waals surface area contributed by atoms with Crippen molar-refractivity contribution in [2.24, 2.45) is 5.41 Å². The van der Waals surface area contributed by atoms with Crippen molar-refractivity contribution in [2.45, 2.75) is 46.5 Å². The van der Waals surface area contributed by atoms with Crippen molar-refractivity contribution < 1.29 is 9.90 Å². The molecule has 1 heterocycles. The maximum absolute atomic E-state index is 12.6. The van der Waals surface area contributed by atoms with E-state index in [9.17, 15) is 9.90 Å². The number of aliphatic hydroxyl groups is 1. The van der Waals surface area contributed by atoms with Gasteiger partial charge in [-0.15, -0.1) is 0 Å². The van der Waals surface area contributed by atoms with Crippen molar-refractivity contribution in [3.8, 4) is 0 Å². The third kappa shape index (κ3) is 4.96. The van der Waals surface area contributed by atoms with E-state index in [1.54, 1.807) is 0 Å². The molecule has 0 aromatic heterocycles. The van der Waals surface area contributed by atoms with Crippen LogP contribution in [0.5, 0.6) is 0 Å². The predicted octanol–water partition coefficient (Wildman–Crippen LogP) is 3.12. The first kappa shape index (κ1) is 17.8. The highest BCUT2D eigenvalue weighted by atomic mass is 16.3. The third-order valence-electron chi connectivity index (χ3n) is 4.59. The zero-order valence-corrected chi connectivity index (χ0v) is 14.7. The van der Waals surface area contributed by atoms with Crippen molar-refractivity contribution in [1.82, 2.24) is 5.32 Å². The van der Waals surface area contributed by atoms with Crippen LogP contribution in [-0.2, 0) is 0 Å². The van der Waals surface area contributed by atoms with Crippen LogP contribution in [0, 0.1) is 12.3 Å². The number of carbonyl (C=O) groups excluding carboxylic acids is 1. The number of nitrogens with one attached hydrogen (secondary N) is 1. The average molecular weight is 318 g/mol. The Bertz CT molecular complexity index is 534. The van der Waals surface area contributed by atoms with Gasteiger partial charge in [0.05, 0.1) is 5.56 Å². The summed E-state index contributed by atoms with van der Waals surface area (Å²) >= 11 is 0. The second-order valence-corrected chi connectivity index (χ2v) is 7.40. The lowest BCUT2D eigenvalue weighted by Gasteiger charge is -2.22. The summed E-state index contributed by atoms with van der Waals surface area (Å²) < 4.78 is 0. The average Bonchev–Trinajstić information content (AvgIpc) is 3.05.